The summed E-state index contributed by atoms with van der Waals surface area (Å²) >= 11 is 0. The number of likely N-dealkylation sites (tertiary alicyclic amines) is 1. The van der Waals surface area contributed by atoms with E-state index in [9.17, 15) is 9.59 Å². The molecule has 1 aromatic rings. The lowest BCUT2D eigenvalue weighted by atomic mass is 10.1. The number of rotatable bonds is 2. The molecule has 1 fully saturated rings. The first kappa shape index (κ1) is 14.6. The van der Waals surface area contributed by atoms with E-state index in [2.05, 4.69) is 5.10 Å². The van der Waals surface area contributed by atoms with E-state index in [4.69, 9.17) is 4.74 Å². The Balaban J connectivity index is 1.89. The first-order chi connectivity index (χ1) is 9.39. The quantitative estimate of drug-likeness (QED) is 0.779. The fourth-order valence-corrected chi connectivity index (χ4v) is 2.26. The van der Waals surface area contributed by atoms with Gasteiger partial charge in [0.1, 0.15) is 11.3 Å². The maximum atomic E-state index is 11.9. The van der Waals surface area contributed by atoms with Crippen molar-refractivity contribution in [1.82, 2.24) is 14.7 Å². The van der Waals surface area contributed by atoms with Gasteiger partial charge in [-0.3, -0.25) is 9.48 Å². The number of nitrogens with zero attached hydrogens (tertiary/aromatic N) is 3. The highest BCUT2D eigenvalue weighted by atomic mass is 16.6. The van der Waals surface area contributed by atoms with Gasteiger partial charge in [-0.1, -0.05) is 0 Å². The molecule has 20 heavy (non-hydrogen) atoms. The number of amides is 1. The first-order valence-electron chi connectivity index (χ1n) is 6.87. The second-order valence-corrected chi connectivity index (χ2v) is 6.04. The number of carbonyl (C=O) groups excluding carboxylic acids is 2. The van der Waals surface area contributed by atoms with Crippen LogP contribution in [0.25, 0.3) is 0 Å². The fourth-order valence-electron chi connectivity index (χ4n) is 2.26. The summed E-state index contributed by atoms with van der Waals surface area (Å²) in [5.41, 5.74) is -0.0195. The highest BCUT2D eigenvalue weighted by Gasteiger charge is 2.27. The first-order valence-corrected chi connectivity index (χ1v) is 6.87. The highest BCUT2D eigenvalue weighted by molar-refractivity contribution is 5.71. The van der Waals surface area contributed by atoms with Crippen molar-refractivity contribution >= 4 is 12.4 Å². The Bertz CT molecular complexity index is 482. The molecule has 2 rings (SSSR count). The number of ether oxygens (including phenoxy) is 1. The van der Waals surface area contributed by atoms with Crippen molar-refractivity contribution < 1.29 is 14.3 Å². The van der Waals surface area contributed by atoms with Gasteiger partial charge >= 0.3 is 6.09 Å². The van der Waals surface area contributed by atoms with Crippen LogP contribution >= 0.6 is 0 Å². The van der Waals surface area contributed by atoms with E-state index in [1.165, 1.54) is 0 Å². The molecule has 0 N–H and O–H groups in total. The SMILES string of the molecule is CC(C)(C)OC(=O)N1CCC(n2ccc(C=O)n2)CC1. The molecule has 0 saturated carbocycles. The zero-order chi connectivity index (χ0) is 14.8. The highest BCUT2D eigenvalue weighted by Crippen LogP contribution is 2.23. The number of aldehydes is 1. The van der Waals surface area contributed by atoms with Gasteiger partial charge in [0.05, 0.1) is 6.04 Å². The van der Waals surface area contributed by atoms with Crippen molar-refractivity contribution in [2.24, 2.45) is 0 Å². The molecule has 0 unspecified atom stereocenters. The van der Waals surface area contributed by atoms with Crippen LogP contribution < -0.4 is 0 Å². The summed E-state index contributed by atoms with van der Waals surface area (Å²) in [6.07, 6.45) is 3.94. The molecule has 0 atom stereocenters. The minimum absolute atomic E-state index is 0.238. The Hall–Kier alpha value is -1.85. The van der Waals surface area contributed by atoms with Crippen LogP contribution in [0.3, 0.4) is 0 Å². The van der Waals surface area contributed by atoms with Gasteiger partial charge in [-0.15, -0.1) is 0 Å². The predicted molar refractivity (Wildman–Crippen MR) is 73.7 cm³/mol. The third-order valence-electron chi connectivity index (χ3n) is 3.24. The molecule has 1 amide bonds. The number of carbonyl (C=O) groups is 2. The van der Waals surface area contributed by atoms with Crippen LogP contribution in [0.4, 0.5) is 4.79 Å². The zero-order valence-corrected chi connectivity index (χ0v) is 12.2. The molecule has 1 saturated heterocycles. The van der Waals surface area contributed by atoms with Crippen LogP contribution in [-0.2, 0) is 4.74 Å². The number of aromatic nitrogens is 2. The van der Waals surface area contributed by atoms with Crippen LogP contribution in [0, 0.1) is 0 Å². The van der Waals surface area contributed by atoms with Gasteiger partial charge in [0.25, 0.3) is 0 Å². The summed E-state index contributed by atoms with van der Waals surface area (Å²) in [6, 6.07) is 1.94. The van der Waals surface area contributed by atoms with Gasteiger partial charge in [-0.05, 0) is 39.7 Å². The standard InChI is InChI=1S/C14H21N3O3/c1-14(2,3)20-13(19)16-7-5-12(6-8-16)17-9-4-11(10-18)15-17/h4,9-10,12H,5-8H2,1-3H3. The van der Waals surface area contributed by atoms with E-state index in [1.807, 2.05) is 31.6 Å². The van der Waals surface area contributed by atoms with Gasteiger partial charge in [0, 0.05) is 19.3 Å². The number of piperidine rings is 1. The largest absolute Gasteiger partial charge is 0.444 e. The molecule has 1 aliphatic heterocycles. The van der Waals surface area contributed by atoms with Crippen LogP contribution in [0.15, 0.2) is 12.3 Å². The van der Waals surface area contributed by atoms with Gasteiger partial charge < -0.3 is 9.64 Å². The smallest absolute Gasteiger partial charge is 0.410 e. The van der Waals surface area contributed by atoms with Crippen LogP contribution in [-0.4, -0.2) is 45.8 Å². The Morgan fingerprint density at radius 2 is 2.05 bits per heavy atom. The van der Waals surface area contributed by atoms with E-state index in [1.54, 1.807) is 11.0 Å². The summed E-state index contributed by atoms with van der Waals surface area (Å²) in [4.78, 5) is 24.3. The van der Waals surface area contributed by atoms with E-state index >= 15 is 0 Å². The van der Waals surface area contributed by atoms with Crippen molar-refractivity contribution in [2.75, 3.05) is 13.1 Å². The third-order valence-corrected chi connectivity index (χ3v) is 3.24. The molecule has 2 heterocycles. The average molecular weight is 279 g/mol. The van der Waals surface area contributed by atoms with Crippen molar-refractivity contribution in [3.8, 4) is 0 Å². The van der Waals surface area contributed by atoms with E-state index in [0.29, 0.717) is 18.8 Å². The minimum atomic E-state index is -0.464. The summed E-state index contributed by atoms with van der Waals surface area (Å²) in [5, 5.41) is 4.20. The lowest BCUT2D eigenvalue weighted by Crippen LogP contribution is -2.42. The lowest BCUT2D eigenvalue weighted by molar-refractivity contribution is 0.0185. The minimum Gasteiger partial charge on any atom is -0.444 e. The number of hydrogen-bond acceptors (Lipinski definition) is 4. The molecule has 1 aliphatic rings. The molecule has 110 valence electrons. The summed E-state index contributed by atoms with van der Waals surface area (Å²) in [6.45, 7) is 6.89. The lowest BCUT2D eigenvalue weighted by Gasteiger charge is -2.33. The molecule has 0 aliphatic carbocycles. The van der Waals surface area contributed by atoms with Gasteiger partial charge in [0.2, 0.25) is 0 Å². The summed E-state index contributed by atoms with van der Waals surface area (Å²) in [5.74, 6) is 0. The molecule has 1 aromatic heterocycles. The van der Waals surface area contributed by atoms with Crippen molar-refractivity contribution in [2.45, 2.75) is 45.3 Å². The molecule has 6 nitrogen and oxygen atoms in total. The Kier molecular flexibility index (Phi) is 4.11. The second-order valence-electron chi connectivity index (χ2n) is 6.04. The average Bonchev–Trinajstić information content (AvgIpc) is 2.85. The molecule has 0 bridgehead atoms. The normalized spacial score (nSPS) is 17.1. The van der Waals surface area contributed by atoms with E-state index in [0.717, 1.165) is 19.1 Å². The maximum Gasteiger partial charge on any atom is 0.410 e. The Morgan fingerprint density at radius 3 is 2.55 bits per heavy atom. The Morgan fingerprint density at radius 1 is 1.40 bits per heavy atom. The molecular formula is C14H21N3O3. The number of hydrogen-bond donors (Lipinski definition) is 0. The van der Waals surface area contributed by atoms with Crippen molar-refractivity contribution in [3.63, 3.8) is 0 Å². The van der Waals surface area contributed by atoms with Gasteiger partial charge in [0.15, 0.2) is 6.29 Å². The predicted octanol–water partition coefficient (Wildman–Crippen LogP) is 2.27. The summed E-state index contributed by atoms with van der Waals surface area (Å²) < 4.78 is 7.17. The molecule has 0 radical (unpaired) electrons. The molecule has 6 heteroatoms. The maximum absolute atomic E-state index is 11.9. The fraction of sp³-hybridized carbons (Fsp3) is 0.643. The van der Waals surface area contributed by atoms with Gasteiger partial charge in [-0.25, -0.2) is 4.79 Å². The monoisotopic (exact) mass is 279 g/mol. The molecule has 0 spiro atoms. The summed E-state index contributed by atoms with van der Waals surface area (Å²) in [7, 11) is 0. The molecular weight excluding hydrogens is 258 g/mol. The van der Waals surface area contributed by atoms with Crippen LogP contribution in [0.2, 0.25) is 0 Å². The zero-order valence-electron chi connectivity index (χ0n) is 12.2. The van der Waals surface area contributed by atoms with E-state index in [-0.39, 0.29) is 12.1 Å². The van der Waals surface area contributed by atoms with Crippen LogP contribution in [0.1, 0.15) is 50.1 Å². The van der Waals surface area contributed by atoms with Gasteiger partial charge in [-0.2, -0.15) is 5.10 Å². The third kappa shape index (κ3) is 3.59. The molecule has 0 aromatic carbocycles. The van der Waals surface area contributed by atoms with Crippen molar-refractivity contribution in [3.05, 3.63) is 18.0 Å². The van der Waals surface area contributed by atoms with Crippen molar-refractivity contribution in [1.29, 1.82) is 0 Å². The van der Waals surface area contributed by atoms with E-state index < -0.39 is 5.60 Å². The second kappa shape index (κ2) is 5.64. The Labute approximate surface area is 118 Å². The topological polar surface area (TPSA) is 64.4 Å². The van der Waals surface area contributed by atoms with Crippen LogP contribution in [0.5, 0.6) is 0 Å².